The van der Waals surface area contributed by atoms with Crippen LogP contribution in [0.25, 0.3) is 0 Å². The molecule has 1 aromatic carbocycles. The maximum atomic E-state index is 13.0. The van der Waals surface area contributed by atoms with Crippen LogP contribution in [0.15, 0.2) is 24.3 Å². The van der Waals surface area contributed by atoms with Crippen LogP contribution in [0.5, 0.6) is 5.75 Å². The quantitative estimate of drug-likeness (QED) is 0.481. The third-order valence-corrected chi connectivity index (χ3v) is 4.27. The lowest BCUT2D eigenvalue weighted by atomic mass is 9.83. The third-order valence-electron chi connectivity index (χ3n) is 3.77. The molecular formula is C21H33NO7S. The van der Waals surface area contributed by atoms with Crippen LogP contribution in [0.2, 0.25) is 0 Å². The second kappa shape index (κ2) is 9.78. The summed E-state index contributed by atoms with van der Waals surface area (Å²) < 4.78 is 38.4. The Bertz CT molecular complexity index is 834. The van der Waals surface area contributed by atoms with Crippen molar-refractivity contribution in [2.24, 2.45) is 11.7 Å². The molecule has 0 fully saturated rings. The highest BCUT2D eigenvalue weighted by Gasteiger charge is 2.35. The fourth-order valence-corrected chi connectivity index (χ4v) is 3.27. The summed E-state index contributed by atoms with van der Waals surface area (Å²) >= 11 is 0. The van der Waals surface area contributed by atoms with E-state index in [1.165, 1.54) is 12.1 Å². The van der Waals surface area contributed by atoms with Crippen LogP contribution >= 0.6 is 0 Å². The number of carbonyl (C=O) groups excluding carboxylic acids is 2. The standard InChI is InChI=1S/C21H33NO7S/c1-20(2,3)27-17(23)12-15(13-22)18(19(24)28-21(4,5)6)14-8-10-16(11-9-14)29-30(7,25)26/h8-11,15,18H,12-13,22H2,1-7H3. The van der Waals surface area contributed by atoms with E-state index in [1.807, 2.05) is 0 Å². The highest BCUT2D eigenvalue weighted by atomic mass is 32.2. The minimum atomic E-state index is -3.68. The van der Waals surface area contributed by atoms with Gasteiger partial charge < -0.3 is 19.4 Å². The van der Waals surface area contributed by atoms with Gasteiger partial charge in [-0.2, -0.15) is 8.42 Å². The molecule has 0 aliphatic heterocycles. The molecule has 1 rings (SSSR count). The van der Waals surface area contributed by atoms with Crippen molar-refractivity contribution < 1.29 is 31.7 Å². The first-order valence-corrected chi connectivity index (χ1v) is 11.5. The summed E-state index contributed by atoms with van der Waals surface area (Å²) in [5.41, 5.74) is 5.05. The van der Waals surface area contributed by atoms with Crippen LogP contribution in [-0.4, -0.2) is 44.4 Å². The Morgan fingerprint density at radius 1 is 0.967 bits per heavy atom. The van der Waals surface area contributed by atoms with Gasteiger partial charge >= 0.3 is 22.1 Å². The van der Waals surface area contributed by atoms with E-state index >= 15 is 0 Å². The highest BCUT2D eigenvalue weighted by Crippen LogP contribution is 2.32. The Morgan fingerprint density at radius 3 is 1.87 bits per heavy atom. The van der Waals surface area contributed by atoms with Gasteiger partial charge in [0.1, 0.15) is 17.0 Å². The van der Waals surface area contributed by atoms with Crippen molar-refractivity contribution in [1.29, 1.82) is 0 Å². The Balaban J connectivity index is 3.23. The first kappa shape index (κ1) is 25.9. The van der Waals surface area contributed by atoms with Gasteiger partial charge in [0.25, 0.3) is 0 Å². The molecule has 30 heavy (non-hydrogen) atoms. The number of nitrogens with two attached hydrogens (primary N) is 1. The summed E-state index contributed by atoms with van der Waals surface area (Å²) in [7, 11) is -3.68. The maximum Gasteiger partial charge on any atom is 0.314 e. The van der Waals surface area contributed by atoms with Crippen LogP contribution in [0.4, 0.5) is 0 Å². The monoisotopic (exact) mass is 443 g/mol. The van der Waals surface area contributed by atoms with Crippen LogP contribution in [-0.2, 0) is 29.2 Å². The molecule has 0 saturated carbocycles. The Hall–Kier alpha value is -2.13. The number of hydrogen-bond donors (Lipinski definition) is 1. The minimum Gasteiger partial charge on any atom is -0.460 e. The van der Waals surface area contributed by atoms with Gasteiger partial charge in [-0.3, -0.25) is 9.59 Å². The molecule has 170 valence electrons. The van der Waals surface area contributed by atoms with Crippen LogP contribution in [0.1, 0.15) is 59.4 Å². The molecule has 1 aromatic rings. The van der Waals surface area contributed by atoms with Crippen molar-refractivity contribution in [3.63, 3.8) is 0 Å². The zero-order valence-electron chi connectivity index (χ0n) is 18.7. The topological polar surface area (TPSA) is 122 Å². The van der Waals surface area contributed by atoms with Gasteiger partial charge in [-0.15, -0.1) is 0 Å². The second-order valence-corrected chi connectivity index (χ2v) is 10.7. The zero-order valence-corrected chi connectivity index (χ0v) is 19.5. The molecule has 0 bridgehead atoms. The number of carbonyl (C=O) groups is 2. The van der Waals surface area contributed by atoms with E-state index in [0.717, 1.165) is 6.26 Å². The van der Waals surface area contributed by atoms with Crippen molar-refractivity contribution in [2.45, 2.75) is 65.1 Å². The molecule has 0 spiro atoms. The average molecular weight is 444 g/mol. The van der Waals surface area contributed by atoms with Crippen molar-refractivity contribution in [3.8, 4) is 5.75 Å². The van der Waals surface area contributed by atoms with E-state index in [1.54, 1.807) is 53.7 Å². The molecule has 2 atom stereocenters. The summed E-state index contributed by atoms with van der Waals surface area (Å²) in [6.07, 6.45) is 0.870. The summed E-state index contributed by atoms with van der Waals surface area (Å²) in [5.74, 6) is -2.30. The van der Waals surface area contributed by atoms with Gasteiger partial charge in [-0.1, -0.05) is 12.1 Å². The van der Waals surface area contributed by atoms with Crippen LogP contribution in [0, 0.1) is 5.92 Å². The zero-order chi connectivity index (χ0) is 23.3. The first-order valence-electron chi connectivity index (χ1n) is 9.65. The van der Waals surface area contributed by atoms with Gasteiger partial charge in [0.05, 0.1) is 18.6 Å². The normalized spacial score (nSPS) is 14.5. The molecule has 0 saturated heterocycles. The largest absolute Gasteiger partial charge is 0.460 e. The molecular weight excluding hydrogens is 410 g/mol. The number of esters is 2. The summed E-state index contributed by atoms with van der Waals surface area (Å²) in [4.78, 5) is 25.3. The lowest BCUT2D eigenvalue weighted by Crippen LogP contribution is -2.36. The predicted molar refractivity (Wildman–Crippen MR) is 114 cm³/mol. The van der Waals surface area contributed by atoms with E-state index in [9.17, 15) is 18.0 Å². The van der Waals surface area contributed by atoms with Gasteiger partial charge in [-0.05, 0) is 71.7 Å². The van der Waals surface area contributed by atoms with E-state index in [4.69, 9.17) is 19.4 Å². The van der Waals surface area contributed by atoms with E-state index < -0.39 is 45.1 Å². The molecule has 0 amide bonds. The lowest BCUT2D eigenvalue weighted by Gasteiger charge is -2.29. The summed E-state index contributed by atoms with van der Waals surface area (Å²) in [5, 5.41) is 0. The lowest BCUT2D eigenvalue weighted by molar-refractivity contribution is -0.160. The van der Waals surface area contributed by atoms with Crippen molar-refractivity contribution in [3.05, 3.63) is 29.8 Å². The Morgan fingerprint density at radius 2 is 1.47 bits per heavy atom. The van der Waals surface area contributed by atoms with Crippen LogP contribution in [0.3, 0.4) is 0 Å². The van der Waals surface area contributed by atoms with Gasteiger partial charge in [-0.25, -0.2) is 0 Å². The van der Waals surface area contributed by atoms with Crippen molar-refractivity contribution in [1.82, 2.24) is 0 Å². The smallest absolute Gasteiger partial charge is 0.314 e. The van der Waals surface area contributed by atoms with Crippen molar-refractivity contribution >= 4 is 22.1 Å². The molecule has 0 radical (unpaired) electrons. The SMILES string of the molecule is CC(C)(C)OC(=O)CC(CN)C(C(=O)OC(C)(C)C)c1ccc(OS(C)(=O)=O)cc1. The first-order chi connectivity index (χ1) is 13.5. The van der Waals surface area contributed by atoms with E-state index in [0.29, 0.717) is 5.56 Å². The predicted octanol–water partition coefficient (Wildman–Crippen LogP) is 2.76. The minimum absolute atomic E-state index is 0.0464. The van der Waals surface area contributed by atoms with Gasteiger partial charge in [0, 0.05) is 0 Å². The van der Waals surface area contributed by atoms with E-state index in [2.05, 4.69) is 0 Å². The average Bonchev–Trinajstić information content (AvgIpc) is 2.50. The summed E-state index contributed by atoms with van der Waals surface area (Å²) in [6.45, 7) is 10.6. The number of ether oxygens (including phenoxy) is 2. The number of rotatable bonds is 8. The third kappa shape index (κ3) is 9.58. The molecule has 2 N–H and O–H groups in total. The number of hydrogen-bond acceptors (Lipinski definition) is 8. The Kier molecular flexibility index (Phi) is 8.45. The van der Waals surface area contributed by atoms with Gasteiger partial charge in [0.15, 0.2) is 0 Å². The van der Waals surface area contributed by atoms with Crippen molar-refractivity contribution in [2.75, 3.05) is 12.8 Å². The fourth-order valence-electron chi connectivity index (χ4n) is 2.81. The number of benzene rings is 1. The van der Waals surface area contributed by atoms with Crippen LogP contribution < -0.4 is 9.92 Å². The molecule has 0 aromatic heterocycles. The van der Waals surface area contributed by atoms with Gasteiger partial charge in [0.2, 0.25) is 0 Å². The molecule has 2 unspecified atom stereocenters. The molecule has 0 heterocycles. The Labute approximate surface area is 179 Å². The molecule has 0 aliphatic carbocycles. The maximum absolute atomic E-state index is 13.0. The summed E-state index contributed by atoms with van der Waals surface area (Å²) in [6, 6.07) is 6.00. The second-order valence-electron chi connectivity index (χ2n) is 9.15. The van der Waals surface area contributed by atoms with E-state index in [-0.39, 0.29) is 18.7 Å². The fraction of sp³-hybridized carbons (Fsp3) is 0.619. The molecule has 8 nitrogen and oxygen atoms in total. The highest BCUT2D eigenvalue weighted by molar-refractivity contribution is 7.86. The molecule has 0 aliphatic rings. The molecule has 9 heteroatoms.